The van der Waals surface area contributed by atoms with Gasteiger partial charge in [0.2, 0.25) is 11.8 Å². The molecule has 0 radical (unpaired) electrons. The number of nitrogens with one attached hydrogen (secondary N) is 2. The summed E-state index contributed by atoms with van der Waals surface area (Å²) in [6.07, 6.45) is 1.98. The number of carbonyl (C=O) groups is 4. The van der Waals surface area contributed by atoms with Crippen LogP contribution in [0.15, 0.2) is 24.3 Å². The number of aromatic hydroxyl groups is 1. The molecule has 0 aliphatic heterocycles. The zero-order valence-corrected chi connectivity index (χ0v) is 25.3. The topological polar surface area (TPSA) is 134 Å². The number of hydrogen-bond donors (Lipinski definition) is 3. The minimum atomic E-state index is -1.10. The summed E-state index contributed by atoms with van der Waals surface area (Å²) in [7, 11) is 0. The molecule has 1 aromatic rings. The van der Waals surface area contributed by atoms with Gasteiger partial charge in [0, 0.05) is 12.1 Å². The van der Waals surface area contributed by atoms with Crippen LogP contribution in [0, 0.1) is 0 Å². The Morgan fingerprint density at radius 1 is 1.05 bits per heavy atom. The van der Waals surface area contributed by atoms with E-state index in [0.29, 0.717) is 24.2 Å². The third-order valence-electron chi connectivity index (χ3n) is 6.00. The summed E-state index contributed by atoms with van der Waals surface area (Å²) >= 11 is 1.53. The summed E-state index contributed by atoms with van der Waals surface area (Å²) in [4.78, 5) is 53.9. The van der Waals surface area contributed by atoms with Crippen LogP contribution < -0.4 is 10.6 Å². The molecule has 0 heterocycles. The summed E-state index contributed by atoms with van der Waals surface area (Å²) in [5.41, 5.74) is -1.10. The second-order valence-corrected chi connectivity index (χ2v) is 11.7. The van der Waals surface area contributed by atoms with Crippen molar-refractivity contribution >= 4 is 35.6 Å². The maximum absolute atomic E-state index is 14.3. The van der Waals surface area contributed by atoms with Crippen LogP contribution in [0.3, 0.4) is 0 Å². The Morgan fingerprint density at radius 3 is 2.18 bits per heavy atom. The molecule has 2 unspecified atom stereocenters. The first-order chi connectivity index (χ1) is 18.2. The van der Waals surface area contributed by atoms with Crippen molar-refractivity contribution in [3.05, 3.63) is 29.8 Å². The number of alkyl carbamates (subject to hydrolysis) is 1. The fourth-order valence-corrected chi connectivity index (χ4v) is 4.22. The molecular weight excluding hydrogens is 522 g/mol. The standard InChI is InChI=1S/C28H45N3O7S/c1-9-28(6,7)31(25(35)21(16-18-39-8)30-26(36)38-27(3,4)5)23(19-11-13-20(32)14-12-19)24(34)29-17-15-22(33)37-10-2/h11-14,21,23,32H,9-10,15-18H2,1-8H3,(H,29,34)(H,30,36). The molecule has 0 aliphatic rings. The molecule has 1 aromatic carbocycles. The third kappa shape index (κ3) is 11.4. The number of thioether (sulfide) groups is 1. The molecule has 10 nitrogen and oxygen atoms in total. The number of carbonyl (C=O) groups excluding carboxylic acids is 4. The highest BCUT2D eigenvalue weighted by Crippen LogP contribution is 2.33. The number of hydrogen-bond acceptors (Lipinski definition) is 8. The Kier molecular flexibility index (Phi) is 13.6. The molecule has 220 valence electrons. The Balaban J connectivity index is 3.51. The van der Waals surface area contributed by atoms with Crippen molar-refractivity contribution in [2.24, 2.45) is 0 Å². The molecule has 0 saturated carbocycles. The SMILES string of the molecule is CCOC(=O)CCNC(=O)C(c1ccc(O)cc1)N(C(=O)C(CCSC)NC(=O)OC(C)(C)C)C(C)(C)CC. The minimum Gasteiger partial charge on any atom is -0.508 e. The van der Waals surface area contributed by atoms with E-state index >= 15 is 0 Å². The van der Waals surface area contributed by atoms with E-state index in [9.17, 15) is 24.3 Å². The summed E-state index contributed by atoms with van der Waals surface area (Å²) in [5.74, 6) is -0.791. The van der Waals surface area contributed by atoms with Crippen molar-refractivity contribution in [3.63, 3.8) is 0 Å². The summed E-state index contributed by atoms with van der Waals surface area (Å²) in [6.45, 7) is 12.8. The lowest BCUT2D eigenvalue weighted by molar-refractivity contribution is -0.149. The lowest BCUT2D eigenvalue weighted by Gasteiger charge is -2.44. The van der Waals surface area contributed by atoms with Crippen molar-refractivity contribution in [3.8, 4) is 5.75 Å². The van der Waals surface area contributed by atoms with Crippen LogP contribution in [0.2, 0.25) is 0 Å². The van der Waals surface area contributed by atoms with Crippen LogP contribution in [-0.2, 0) is 23.9 Å². The largest absolute Gasteiger partial charge is 0.508 e. The number of ether oxygens (including phenoxy) is 2. The highest BCUT2D eigenvalue weighted by molar-refractivity contribution is 7.98. The first-order valence-electron chi connectivity index (χ1n) is 13.2. The van der Waals surface area contributed by atoms with Gasteiger partial charge in [0.1, 0.15) is 23.4 Å². The Morgan fingerprint density at radius 2 is 1.67 bits per heavy atom. The monoisotopic (exact) mass is 567 g/mol. The van der Waals surface area contributed by atoms with Crippen molar-refractivity contribution in [1.82, 2.24) is 15.5 Å². The van der Waals surface area contributed by atoms with Crippen molar-refractivity contribution < 1.29 is 33.8 Å². The van der Waals surface area contributed by atoms with Gasteiger partial charge in [-0.25, -0.2) is 4.79 Å². The van der Waals surface area contributed by atoms with Crippen LogP contribution >= 0.6 is 11.8 Å². The zero-order valence-electron chi connectivity index (χ0n) is 24.5. The van der Waals surface area contributed by atoms with Crippen LogP contribution in [0.1, 0.15) is 79.3 Å². The van der Waals surface area contributed by atoms with E-state index in [1.54, 1.807) is 39.8 Å². The van der Waals surface area contributed by atoms with Crippen molar-refractivity contribution in [1.29, 1.82) is 0 Å². The highest BCUT2D eigenvalue weighted by atomic mass is 32.2. The van der Waals surface area contributed by atoms with E-state index in [1.165, 1.54) is 28.8 Å². The van der Waals surface area contributed by atoms with Crippen LogP contribution in [0.5, 0.6) is 5.75 Å². The van der Waals surface area contributed by atoms with Gasteiger partial charge >= 0.3 is 12.1 Å². The number of phenols is 1. The van der Waals surface area contributed by atoms with Crippen LogP contribution in [0.4, 0.5) is 4.79 Å². The van der Waals surface area contributed by atoms with E-state index in [4.69, 9.17) is 9.47 Å². The molecule has 0 aromatic heterocycles. The van der Waals surface area contributed by atoms with Crippen LogP contribution in [0.25, 0.3) is 0 Å². The van der Waals surface area contributed by atoms with Gasteiger partial charge in [0.25, 0.3) is 0 Å². The molecule has 0 bridgehead atoms. The third-order valence-corrected chi connectivity index (χ3v) is 6.65. The van der Waals surface area contributed by atoms with E-state index < -0.39 is 47.1 Å². The second-order valence-electron chi connectivity index (χ2n) is 10.7. The molecule has 3 amide bonds. The summed E-state index contributed by atoms with van der Waals surface area (Å²) in [5, 5.41) is 15.3. The average Bonchev–Trinajstić information content (AvgIpc) is 2.84. The van der Waals surface area contributed by atoms with Crippen molar-refractivity contribution in [2.45, 2.75) is 91.0 Å². The predicted molar refractivity (Wildman–Crippen MR) is 152 cm³/mol. The number of nitrogens with zero attached hydrogens (tertiary/aromatic N) is 1. The molecular formula is C28H45N3O7S. The van der Waals surface area contributed by atoms with Gasteiger partial charge in [-0.05, 0) is 84.1 Å². The van der Waals surface area contributed by atoms with Gasteiger partial charge in [-0.15, -0.1) is 0 Å². The normalized spacial score (nSPS) is 13.1. The maximum atomic E-state index is 14.3. The van der Waals surface area contributed by atoms with E-state index in [0.717, 1.165) is 0 Å². The van der Waals surface area contributed by atoms with E-state index in [1.807, 2.05) is 27.0 Å². The first-order valence-corrected chi connectivity index (χ1v) is 14.6. The van der Waals surface area contributed by atoms with E-state index in [2.05, 4.69) is 10.6 Å². The fraction of sp³-hybridized carbons (Fsp3) is 0.643. The first kappa shape index (κ1) is 34.1. The number of benzene rings is 1. The number of phenolic OH excluding ortho intramolecular Hbond substituents is 1. The van der Waals surface area contributed by atoms with Gasteiger partial charge in [0.15, 0.2) is 0 Å². The minimum absolute atomic E-state index is 0.0114. The van der Waals surface area contributed by atoms with Gasteiger partial charge in [0.05, 0.1) is 13.0 Å². The quantitative estimate of drug-likeness (QED) is 0.285. The second kappa shape index (κ2) is 15.6. The number of amides is 3. The molecule has 0 spiro atoms. The summed E-state index contributed by atoms with van der Waals surface area (Å²) in [6, 6.07) is 3.99. The Hall–Kier alpha value is -2.95. The molecule has 2 atom stereocenters. The molecule has 0 aliphatic carbocycles. The number of rotatable bonds is 14. The van der Waals surface area contributed by atoms with Gasteiger partial charge in [-0.2, -0.15) is 11.8 Å². The Bertz CT molecular complexity index is 961. The van der Waals surface area contributed by atoms with Crippen molar-refractivity contribution in [2.75, 3.05) is 25.2 Å². The summed E-state index contributed by atoms with van der Waals surface area (Å²) < 4.78 is 10.4. The molecule has 11 heteroatoms. The van der Waals surface area contributed by atoms with E-state index in [-0.39, 0.29) is 25.3 Å². The average molecular weight is 568 g/mol. The maximum Gasteiger partial charge on any atom is 0.408 e. The number of esters is 1. The Labute approximate surface area is 236 Å². The molecule has 0 fully saturated rings. The smallest absolute Gasteiger partial charge is 0.408 e. The van der Waals surface area contributed by atoms with Crippen LogP contribution in [-0.4, -0.2) is 76.2 Å². The highest BCUT2D eigenvalue weighted by Gasteiger charge is 2.43. The van der Waals surface area contributed by atoms with Gasteiger partial charge in [-0.1, -0.05) is 19.1 Å². The van der Waals surface area contributed by atoms with Gasteiger partial charge < -0.3 is 30.1 Å². The zero-order chi connectivity index (χ0) is 29.8. The van der Waals surface area contributed by atoms with Gasteiger partial charge in [-0.3, -0.25) is 14.4 Å². The molecule has 3 N–H and O–H groups in total. The molecule has 0 saturated heterocycles. The fourth-order valence-electron chi connectivity index (χ4n) is 3.75. The molecule has 1 rings (SSSR count). The lowest BCUT2D eigenvalue weighted by Crippen LogP contribution is -2.59. The molecule has 39 heavy (non-hydrogen) atoms. The predicted octanol–water partition coefficient (Wildman–Crippen LogP) is 4.17. The lowest BCUT2D eigenvalue weighted by atomic mass is 9.91.